The summed E-state index contributed by atoms with van der Waals surface area (Å²) in [6, 6.07) is 11.9. The first kappa shape index (κ1) is 15.6. The van der Waals surface area contributed by atoms with Gasteiger partial charge in [-0.2, -0.15) is 4.68 Å². The van der Waals surface area contributed by atoms with Gasteiger partial charge in [0.1, 0.15) is 12.4 Å². The predicted octanol–water partition coefficient (Wildman–Crippen LogP) is 2.77. The van der Waals surface area contributed by atoms with E-state index in [1.165, 1.54) is 12.1 Å². The summed E-state index contributed by atoms with van der Waals surface area (Å²) in [4.78, 5) is 10.3. The fourth-order valence-corrected chi connectivity index (χ4v) is 2.44. The van der Waals surface area contributed by atoms with Crippen molar-refractivity contribution in [3.8, 4) is 11.4 Å². The molecule has 0 bridgehead atoms. The summed E-state index contributed by atoms with van der Waals surface area (Å²) in [7, 11) is 0. The van der Waals surface area contributed by atoms with Crippen LogP contribution in [0.2, 0.25) is 0 Å². The van der Waals surface area contributed by atoms with Crippen LogP contribution < -0.4 is 4.74 Å². The van der Waals surface area contributed by atoms with Gasteiger partial charge < -0.3 is 4.74 Å². The minimum absolute atomic E-state index is 0.0261. The topological polar surface area (TPSA) is 96.0 Å². The largest absolute Gasteiger partial charge is 0.485 e. The second-order valence-corrected chi connectivity index (χ2v) is 5.29. The Kier molecular flexibility index (Phi) is 4.19. The minimum Gasteiger partial charge on any atom is -0.485 e. The predicted molar refractivity (Wildman–Crippen MR) is 86.1 cm³/mol. The lowest BCUT2D eigenvalue weighted by Crippen LogP contribution is -2.09. The molecule has 0 saturated carbocycles. The van der Waals surface area contributed by atoms with Crippen molar-refractivity contribution >= 4 is 5.69 Å². The molecule has 0 unspecified atom stereocenters. The molecule has 3 rings (SSSR count). The summed E-state index contributed by atoms with van der Waals surface area (Å²) in [5.41, 5.74) is 2.96. The van der Waals surface area contributed by atoms with Crippen LogP contribution in [0.4, 0.5) is 5.69 Å². The lowest BCUT2D eigenvalue weighted by atomic mass is 10.1. The molecule has 3 aromatic rings. The van der Waals surface area contributed by atoms with Crippen LogP contribution in [0.15, 0.2) is 42.5 Å². The standard InChI is InChI=1S/C16H15N5O3/c1-11-5-3-6-12(2)16(11)20-15(17-18-19-20)10-24-14-8-4-7-13(9-14)21(22)23/h3-9H,10H2,1-2H3. The summed E-state index contributed by atoms with van der Waals surface area (Å²) >= 11 is 0. The lowest BCUT2D eigenvalue weighted by molar-refractivity contribution is -0.384. The minimum atomic E-state index is -0.465. The number of nitro benzene ring substituents is 1. The van der Waals surface area contributed by atoms with E-state index in [2.05, 4.69) is 15.5 Å². The first-order valence-electron chi connectivity index (χ1n) is 7.27. The van der Waals surface area contributed by atoms with Crippen molar-refractivity contribution in [3.63, 3.8) is 0 Å². The molecule has 8 heteroatoms. The Bertz CT molecular complexity index is 871. The molecule has 0 radical (unpaired) electrons. The third-order valence-corrected chi connectivity index (χ3v) is 3.58. The maximum absolute atomic E-state index is 10.8. The van der Waals surface area contributed by atoms with Gasteiger partial charge in [-0.05, 0) is 41.5 Å². The molecule has 0 spiro atoms. The highest BCUT2D eigenvalue weighted by Crippen LogP contribution is 2.21. The van der Waals surface area contributed by atoms with Crippen LogP contribution in [0.5, 0.6) is 5.75 Å². The summed E-state index contributed by atoms with van der Waals surface area (Å²) in [5.74, 6) is 0.902. The lowest BCUT2D eigenvalue weighted by Gasteiger charge is -2.11. The quantitative estimate of drug-likeness (QED) is 0.528. The van der Waals surface area contributed by atoms with E-state index in [9.17, 15) is 10.1 Å². The van der Waals surface area contributed by atoms with Crippen LogP contribution in [-0.2, 0) is 6.61 Å². The molecule has 0 fully saturated rings. The average Bonchev–Trinajstić information content (AvgIpc) is 3.01. The Morgan fingerprint density at radius 2 is 1.88 bits per heavy atom. The fourth-order valence-electron chi connectivity index (χ4n) is 2.44. The summed E-state index contributed by atoms with van der Waals surface area (Å²) in [6.07, 6.45) is 0. The molecular weight excluding hydrogens is 310 g/mol. The van der Waals surface area contributed by atoms with Gasteiger partial charge in [0.25, 0.3) is 5.69 Å². The number of benzene rings is 2. The van der Waals surface area contributed by atoms with E-state index >= 15 is 0 Å². The molecule has 0 saturated heterocycles. The highest BCUT2D eigenvalue weighted by molar-refractivity contribution is 5.46. The normalized spacial score (nSPS) is 10.6. The number of non-ortho nitro benzene ring substituents is 1. The van der Waals surface area contributed by atoms with E-state index in [1.54, 1.807) is 16.8 Å². The zero-order valence-electron chi connectivity index (χ0n) is 13.2. The number of nitro groups is 1. The van der Waals surface area contributed by atoms with E-state index in [-0.39, 0.29) is 12.3 Å². The van der Waals surface area contributed by atoms with Gasteiger partial charge in [0, 0.05) is 6.07 Å². The molecule has 0 aliphatic rings. The average molecular weight is 325 g/mol. The van der Waals surface area contributed by atoms with Crippen molar-refractivity contribution in [1.82, 2.24) is 20.2 Å². The SMILES string of the molecule is Cc1cccc(C)c1-n1nnnc1COc1cccc([N+](=O)[O-])c1. The molecule has 0 N–H and O–H groups in total. The van der Waals surface area contributed by atoms with E-state index in [4.69, 9.17) is 4.74 Å². The van der Waals surface area contributed by atoms with Crippen LogP contribution in [0.25, 0.3) is 5.69 Å². The van der Waals surface area contributed by atoms with Gasteiger partial charge in [0.15, 0.2) is 5.82 Å². The van der Waals surface area contributed by atoms with Gasteiger partial charge in [-0.15, -0.1) is 5.10 Å². The number of aryl methyl sites for hydroxylation is 2. The molecule has 0 aliphatic heterocycles. The van der Waals surface area contributed by atoms with Crippen LogP contribution in [0.1, 0.15) is 17.0 Å². The number of para-hydroxylation sites is 1. The summed E-state index contributed by atoms with van der Waals surface area (Å²) < 4.78 is 7.24. The number of nitrogens with zero attached hydrogens (tertiary/aromatic N) is 5. The van der Waals surface area contributed by atoms with Gasteiger partial charge in [-0.25, -0.2) is 0 Å². The van der Waals surface area contributed by atoms with E-state index in [1.807, 2.05) is 32.0 Å². The van der Waals surface area contributed by atoms with Gasteiger partial charge in [-0.1, -0.05) is 24.3 Å². The smallest absolute Gasteiger partial charge is 0.273 e. The van der Waals surface area contributed by atoms with E-state index in [0.29, 0.717) is 11.6 Å². The first-order valence-corrected chi connectivity index (χ1v) is 7.27. The molecule has 0 amide bonds. The molecule has 2 aromatic carbocycles. The molecule has 8 nitrogen and oxygen atoms in total. The fraction of sp³-hybridized carbons (Fsp3) is 0.188. The Labute approximate surface area is 137 Å². The van der Waals surface area contributed by atoms with Gasteiger partial charge in [0.05, 0.1) is 16.7 Å². The zero-order chi connectivity index (χ0) is 17.1. The van der Waals surface area contributed by atoms with Crippen LogP contribution >= 0.6 is 0 Å². The molecular formula is C16H15N5O3. The molecule has 122 valence electrons. The molecule has 1 heterocycles. The van der Waals surface area contributed by atoms with Gasteiger partial charge >= 0.3 is 0 Å². The Hall–Kier alpha value is -3.29. The van der Waals surface area contributed by atoms with Crippen molar-refractivity contribution in [3.05, 3.63) is 69.5 Å². The van der Waals surface area contributed by atoms with Crippen molar-refractivity contribution in [1.29, 1.82) is 0 Å². The number of hydrogen-bond donors (Lipinski definition) is 0. The third kappa shape index (κ3) is 3.07. The second kappa shape index (κ2) is 6.45. The van der Waals surface area contributed by atoms with Gasteiger partial charge in [0.2, 0.25) is 0 Å². The molecule has 0 aliphatic carbocycles. The van der Waals surface area contributed by atoms with Gasteiger partial charge in [-0.3, -0.25) is 10.1 Å². The maximum Gasteiger partial charge on any atom is 0.273 e. The second-order valence-electron chi connectivity index (χ2n) is 5.29. The monoisotopic (exact) mass is 325 g/mol. The van der Waals surface area contributed by atoms with Crippen LogP contribution in [0.3, 0.4) is 0 Å². The highest BCUT2D eigenvalue weighted by atomic mass is 16.6. The number of hydrogen-bond acceptors (Lipinski definition) is 6. The van der Waals surface area contributed by atoms with Crippen molar-refractivity contribution in [2.45, 2.75) is 20.5 Å². The zero-order valence-corrected chi connectivity index (χ0v) is 13.2. The highest BCUT2D eigenvalue weighted by Gasteiger charge is 2.14. The maximum atomic E-state index is 10.8. The number of tetrazole rings is 1. The molecule has 24 heavy (non-hydrogen) atoms. The third-order valence-electron chi connectivity index (χ3n) is 3.58. The van der Waals surface area contributed by atoms with E-state index in [0.717, 1.165) is 16.8 Å². The van der Waals surface area contributed by atoms with Crippen molar-refractivity contribution in [2.75, 3.05) is 0 Å². The number of aromatic nitrogens is 4. The van der Waals surface area contributed by atoms with Crippen molar-refractivity contribution < 1.29 is 9.66 Å². The van der Waals surface area contributed by atoms with E-state index < -0.39 is 4.92 Å². The molecule has 0 atom stereocenters. The Morgan fingerprint density at radius 3 is 2.58 bits per heavy atom. The first-order chi connectivity index (χ1) is 11.6. The van der Waals surface area contributed by atoms with Crippen molar-refractivity contribution in [2.24, 2.45) is 0 Å². The Balaban J connectivity index is 1.84. The molecule has 1 aromatic heterocycles. The van der Waals surface area contributed by atoms with Crippen LogP contribution in [-0.4, -0.2) is 25.1 Å². The number of ether oxygens (including phenoxy) is 1. The summed E-state index contributed by atoms with van der Waals surface area (Å²) in [5, 5.41) is 22.6. The Morgan fingerprint density at radius 1 is 1.17 bits per heavy atom. The number of rotatable bonds is 5. The van der Waals surface area contributed by atoms with Crippen LogP contribution in [0, 0.1) is 24.0 Å². The summed E-state index contributed by atoms with van der Waals surface area (Å²) in [6.45, 7) is 4.06.